The van der Waals surface area contributed by atoms with E-state index in [1.807, 2.05) is 0 Å². The van der Waals surface area contributed by atoms with Crippen LogP contribution in [-0.2, 0) is 12.8 Å². The molecule has 0 amide bonds. The van der Waals surface area contributed by atoms with E-state index in [2.05, 4.69) is 11.8 Å². The Kier molecular flexibility index (Phi) is 3.18. The predicted octanol–water partition coefficient (Wildman–Crippen LogP) is 2.41. The number of aliphatic hydroxyl groups excluding tert-OH is 1. The zero-order valence-electron chi connectivity index (χ0n) is 12.9. The summed E-state index contributed by atoms with van der Waals surface area (Å²) in [7, 11) is 0. The molecule has 114 valence electrons. The highest BCUT2D eigenvalue weighted by Gasteiger charge is 2.45. The van der Waals surface area contributed by atoms with Gasteiger partial charge in [-0.15, -0.1) is 0 Å². The maximum Gasteiger partial charge on any atom is 0.225 e. The fourth-order valence-corrected chi connectivity index (χ4v) is 4.67. The number of hydrogen-bond acceptors (Lipinski definition) is 4. The van der Waals surface area contributed by atoms with Crippen LogP contribution in [0.25, 0.3) is 0 Å². The maximum absolute atomic E-state index is 10.4. The fraction of sp³-hybridized carbons (Fsp3) is 0.765. The summed E-state index contributed by atoms with van der Waals surface area (Å²) in [4.78, 5) is 12.0. The van der Waals surface area contributed by atoms with Gasteiger partial charge in [0.25, 0.3) is 0 Å². The Morgan fingerprint density at radius 1 is 1.14 bits per heavy atom. The lowest BCUT2D eigenvalue weighted by atomic mass is 9.77. The SMILES string of the molecule is Cc1nc(N2CCC[C@]3(CCC[C@H]3O)C2)nc2c1CCC2. The molecule has 1 aliphatic heterocycles. The van der Waals surface area contributed by atoms with E-state index in [0.29, 0.717) is 0 Å². The van der Waals surface area contributed by atoms with Crippen molar-refractivity contribution in [1.29, 1.82) is 0 Å². The van der Waals surface area contributed by atoms with Crippen molar-refractivity contribution in [3.8, 4) is 0 Å². The first-order valence-electron chi connectivity index (χ1n) is 8.47. The second-order valence-corrected chi connectivity index (χ2v) is 7.18. The molecule has 0 radical (unpaired) electrons. The van der Waals surface area contributed by atoms with Gasteiger partial charge in [-0.3, -0.25) is 0 Å². The minimum absolute atomic E-state index is 0.106. The number of aliphatic hydroxyl groups is 1. The molecule has 1 saturated heterocycles. The van der Waals surface area contributed by atoms with Crippen molar-refractivity contribution < 1.29 is 5.11 Å². The molecule has 4 nitrogen and oxygen atoms in total. The smallest absolute Gasteiger partial charge is 0.225 e. The number of piperidine rings is 1. The number of rotatable bonds is 1. The number of fused-ring (bicyclic) bond motifs is 1. The third-order valence-corrected chi connectivity index (χ3v) is 5.88. The first kappa shape index (κ1) is 13.5. The quantitative estimate of drug-likeness (QED) is 0.861. The highest BCUT2D eigenvalue weighted by atomic mass is 16.3. The number of aromatic nitrogens is 2. The third kappa shape index (κ3) is 2.15. The monoisotopic (exact) mass is 287 g/mol. The van der Waals surface area contributed by atoms with E-state index in [1.165, 1.54) is 29.8 Å². The van der Waals surface area contributed by atoms with Crippen molar-refractivity contribution in [3.63, 3.8) is 0 Å². The van der Waals surface area contributed by atoms with Gasteiger partial charge in [0.15, 0.2) is 0 Å². The lowest BCUT2D eigenvalue weighted by molar-refractivity contribution is 0.0406. The molecule has 1 spiro atoms. The van der Waals surface area contributed by atoms with Crippen molar-refractivity contribution in [3.05, 3.63) is 17.0 Å². The largest absolute Gasteiger partial charge is 0.392 e. The van der Waals surface area contributed by atoms with Crippen molar-refractivity contribution in [1.82, 2.24) is 9.97 Å². The standard InChI is InChI=1S/C17H25N3O/c1-12-13-5-2-6-14(13)19-16(18-12)20-10-4-9-17(11-20)8-3-7-15(17)21/h15,21H,2-11H2,1H3/t15-,17-/m1/s1. The van der Waals surface area contributed by atoms with Crippen LogP contribution in [-0.4, -0.2) is 34.3 Å². The molecule has 0 aromatic carbocycles. The molecule has 2 fully saturated rings. The summed E-state index contributed by atoms with van der Waals surface area (Å²) in [6.45, 7) is 4.10. The van der Waals surface area contributed by atoms with Crippen molar-refractivity contribution in [2.45, 2.75) is 64.4 Å². The lowest BCUT2D eigenvalue weighted by Gasteiger charge is -2.42. The number of aryl methyl sites for hydroxylation is 2. The third-order valence-electron chi connectivity index (χ3n) is 5.88. The van der Waals surface area contributed by atoms with Crippen molar-refractivity contribution in [2.24, 2.45) is 5.41 Å². The molecule has 2 heterocycles. The van der Waals surface area contributed by atoms with Crippen LogP contribution in [0.1, 0.15) is 55.5 Å². The van der Waals surface area contributed by atoms with E-state index in [0.717, 1.165) is 57.6 Å². The van der Waals surface area contributed by atoms with Crippen LogP contribution in [0.3, 0.4) is 0 Å². The highest BCUT2D eigenvalue weighted by molar-refractivity contribution is 5.40. The van der Waals surface area contributed by atoms with Crippen molar-refractivity contribution >= 4 is 5.95 Å². The van der Waals surface area contributed by atoms with Crippen LogP contribution in [0.5, 0.6) is 0 Å². The zero-order valence-corrected chi connectivity index (χ0v) is 12.9. The molecule has 1 saturated carbocycles. The van der Waals surface area contributed by atoms with Crippen LogP contribution < -0.4 is 4.90 Å². The first-order valence-corrected chi connectivity index (χ1v) is 8.47. The summed E-state index contributed by atoms with van der Waals surface area (Å²) in [6.07, 6.45) is 8.95. The molecule has 2 aliphatic carbocycles. The minimum atomic E-state index is -0.129. The minimum Gasteiger partial charge on any atom is -0.392 e. The number of nitrogens with zero attached hydrogens (tertiary/aromatic N) is 3. The topological polar surface area (TPSA) is 49.2 Å². The van der Waals surface area contributed by atoms with Crippen LogP contribution in [0.2, 0.25) is 0 Å². The summed E-state index contributed by atoms with van der Waals surface area (Å²) in [5, 5.41) is 10.4. The van der Waals surface area contributed by atoms with Crippen molar-refractivity contribution in [2.75, 3.05) is 18.0 Å². The van der Waals surface area contributed by atoms with Gasteiger partial charge < -0.3 is 10.0 Å². The van der Waals surface area contributed by atoms with Gasteiger partial charge in [-0.1, -0.05) is 6.42 Å². The molecule has 4 heteroatoms. The maximum atomic E-state index is 10.4. The van der Waals surface area contributed by atoms with Gasteiger partial charge in [0.1, 0.15) is 0 Å². The summed E-state index contributed by atoms with van der Waals surface area (Å²) in [6, 6.07) is 0. The van der Waals surface area contributed by atoms with Gasteiger partial charge in [-0.2, -0.15) is 0 Å². The van der Waals surface area contributed by atoms with Crippen LogP contribution >= 0.6 is 0 Å². The Morgan fingerprint density at radius 2 is 2.00 bits per heavy atom. The lowest BCUT2D eigenvalue weighted by Crippen LogP contribution is -2.48. The molecule has 3 aliphatic rings. The van der Waals surface area contributed by atoms with E-state index < -0.39 is 0 Å². The Hall–Kier alpha value is -1.16. The predicted molar refractivity (Wildman–Crippen MR) is 82.5 cm³/mol. The Balaban J connectivity index is 1.63. The second-order valence-electron chi connectivity index (χ2n) is 7.18. The van der Waals surface area contributed by atoms with E-state index in [1.54, 1.807) is 0 Å². The number of hydrogen-bond donors (Lipinski definition) is 1. The summed E-state index contributed by atoms with van der Waals surface area (Å²) < 4.78 is 0. The first-order chi connectivity index (χ1) is 10.2. The molecular weight excluding hydrogens is 262 g/mol. The van der Waals surface area contributed by atoms with Gasteiger partial charge in [-0.05, 0) is 57.4 Å². The zero-order chi connectivity index (χ0) is 14.4. The molecule has 2 atom stereocenters. The molecule has 0 bridgehead atoms. The van der Waals surface area contributed by atoms with E-state index >= 15 is 0 Å². The summed E-state index contributed by atoms with van der Waals surface area (Å²) in [5.74, 6) is 0.909. The van der Waals surface area contributed by atoms with Crippen LogP contribution in [0, 0.1) is 12.3 Å². The molecule has 1 N–H and O–H groups in total. The normalized spacial score (nSPS) is 31.9. The van der Waals surface area contributed by atoms with E-state index in [9.17, 15) is 5.11 Å². The van der Waals surface area contributed by atoms with Gasteiger partial charge in [0.2, 0.25) is 5.95 Å². The van der Waals surface area contributed by atoms with Gasteiger partial charge in [0, 0.05) is 29.9 Å². The Bertz CT molecular complexity index is 559. The van der Waals surface area contributed by atoms with Gasteiger partial charge in [0.05, 0.1) is 6.10 Å². The Morgan fingerprint density at radius 3 is 2.81 bits per heavy atom. The van der Waals surface area contributed by atoms with E-state index in [4.69, 9.17) is 9.97 Å². The van der Waals surface area contributed by atoms with Crippen LogP contribution in [0.4, 0.5) is 5.95 Å². The molecule has 4 rings (SSSR count). The van der Waals surface area contributed by atoms with Crippen LogP contribution in [0.15, 0.2) is 0 Å². The average Bonchev–Trinajstić information content (AvgIpc) is 3.08. The van der Waals surface area contributed by atoms with Gasteiger partial charge in [-0.25, -0.2) is 9.97 Å². The van der Waals surface area contributed by atoms with E-state index in [-0.39, 0.29) is 11.5 Å². The molecule has 1 aromatic rings. The molecule has 21 heavy (non-hydrogen) atoms. The average molecular weight is 287 g/mol. The second kappa shape index (κ2) is 4.94. The Labute approximate surface area is 126 Å². The summed E-state index contributed by atoms with van der Waals surface area (Å²) >= 11 is 0. The molecule has 0 unspecified atom stereocenters. The number of anilines is 1. The molecule has 1 aromatic heterocycles. The fourth-order valence-electron chi connectivity index (χ4n) is 4.67. The highest BCUT2D eigenvalue weighted by Crippen LogP contribution is 2.45. The summed E-state index contributed by atoms with van der Waals surface area (Å²) in [5.41, 5.74) is 3.92. The van der Waals surface area contributed by atoms with Gasteiger partial charge >= 0.3 is 0 Å². The molecular formula is C17H25N3O.